The lowest BCUT2D eigenvalue weighted by molar-refractivity contribution is -0.142. The Morgan fingerprint density at radius 1 is 1.30 bits per heavy atom. The van der Waals surface area contributed by atoms with E-state index in [9.17, 15) is 14.0 Å². The van der Waals surface area contributed by atoms with Crippen molar-refractivity contribution < 1.29 is 19.1 Å². The molecule has 2 N–H and O–H groups in total. The number of hydrogen-bond donors (Lipinski definition) is 2. The molecule has 2 unspecified atom stereocenters. The number of carboxylic acids is 1. The SMILES string of the molecule is CC(NC(=O)CCSc1ccc(F)cc1)C(C)C(=O)O. The van der Waals surface area contributed by atoms with E-state index in [1.807, 2.05) is 0 Å². The second-order valence-electron chi connectivity index (χ2n) is 4.54. The molecule has 20 heavy (non-hydrogen) atoms. The number of halogens is 1. The largest absolute Gasteiger partial charge is 0.481 e. The van der Waals surface area contributed by atoms with Gasteiger partial charge >= 0.3 is 5.97 Å². The zero-order valence-electron chi connectivity index (χ0n) is 11.4. The third-order valence-corrected chi connectivity index (χ3v) is 3.95. The van der Waals surface area contributed by atoms with Crippen molar-refractivity contribution in [1.29, 1.82) is 0 Å². The zero-order chi connectivity index (χ0) is 15.1. The summed E-state index contributed by atoms with van der Waals surface area (Å²) in [4.78, 5) is 23.3. The summed E-state index contributed by atoms with van der Waals surface area (Å²) in [6, 6.07) is 5.66. The average Bonchev–Trinajstić information content (AvgIpc) is 2.39. The number of carbonyl (C=O) groups is 2. The summed E-state index contributed by atoms with van der Waals surface area (Å²) < 4.78 is 12.7. The topological polar surface area (TPSA) is 66.4 Å². The third-order valence-electron chi connectivity index (χ3n) is 2.94. The maximum absolute atomic E-state index is 12.7. The minimum atomic E-state index is -0.932. The van der Waals surface area contributed by atoms with Gasteiger partial charge in [0.1, 0.15) is 5.82 Å². The van der Waals surface area contributed by atoms with E-state index in [4.69, 9.17) is 5.11 Å². The Kier molecular flexibility index (Phi) is 6.51. The van der Waals surface area contributed by atoms with Gasteiger partial charge < -0.3 is 10.4 Å². The Bertz CT molecular complexity index is 464. The van der Waals surface area contributed by atoms with Crippen molar-refractivity contribution in [3.8, 4) is 0 Å². The smallest absolute Gasteiger partial charge is 0.308 e. The second kappa shape index (κ2) is 7.89. The molecule has 1 rings (SSSR count). The van der Waals surface area contributed by atoms with Gasteiger partial charge in [-0.1, -0.05) is 0 Å². The van der Waals surface area contributed by atoms with E-state index in [0.717, 1.165) is 4.90 Å². The van der Waals surface area contributed by atoms with Crippen molar-refractivity contribution >= 4 is 23.6 Å². The number of carboxylic acid groups (broad SMARTS) is 1. The van der Waals surface area contributed by atoms with E-state index in [1.165, 1.54) is 23.9 Å². The highest BCUT2D eigenvalue weighted by Crippen LogP contribution is 2.18. The quantitative estimate of drug-likeness (QED) is 0.759. The second-order valence-corrected chi connectivity index (χ2v) is 5.70. The fraction of sp³-hybridized carbons (Fsp3) is 0.429. The van der Waals surface area contributed by atoms with Crippen LogP contribution in [0.25, 0.3) is 0 Å². The molecule has 1 aromatic carbocycles. The van der Waals surface area contributed by atoms with Gasteiger partial charge in [0.05, 0.1) is 5.92 Å². The Morgan fingerprint density at radius 3 is 2.45 bits per heavy atom. The molecule has 0 saturated carbocycles. The lowest BCUT2D eigenvalue weighted by Crippen LogP contribution is -2.40. The molecule has 1 aromatic rings. The van der Waals surface area contributed by atoms with Crippen LogP contribution in [0.5, 0.6) is 0 Å². The molecule has 0 saturated heterocycles. The van der Waals surface area contributed by atoms with Gasteiger partial charge in [0.2, 0.25) is 5.91 Å². The van der Waals surface area contributed by atoms with Crippen LogP contribution in [0, 0.1) is 11.7 Å². The van der Waals surface area contributed by atoms with Crippen molar-refractivity contribution in [3.05, 3.63) is 30.1 Å². The molecular weight excluding hydrogens is 281 g/mol. The van der Waals surface area contributed by atoms with Crippen molar-refractivity contribution in [2.75, 3.05) is 5.75 Å². The summed E-state index contributed by atoms with van der Waals surface area (Å²) in [5.41, 5.74) is 0. The lowest BCUT2D eigenvalue weighted by atomic mass is 10.0. The van der Waals surface area contributed by atoms with Crippen molar-refractivity contribution in [2.45, 2.75) is 31.2 Å². The number of rotatable bonds is 7. The molecule has 0 heterocycles. The first kappa shape index (κ1) is 16.5. The van der Waals surface area contributed by atoms with Gasteiger partial charge in [-0.2, -0.15) is 0 Å². The molecule has 0 bridgehead atoms. The van der Waals surface area contributed by atoms with Crippen LogP contribution in [0.15, 0.2) is 29.2 Å². The van der Waals surface area contributed by atoms with Crippen LogP contribution in [0.4, 0.5) is 4.39 Å². The summed E-state index contributed by atoms with van der Waals surface area (Å²) >= 11 is 1.46. The highest BCUT2D eigenvalue weighted by Gasteiger charge is 2.20. The Hall–Kier alpha value is -1.56. The van der Waals surface area contributed by atoms with Gasteiger partial charge in [0.25, 0.3) is 0 Å². The van der Waals surface area contributed by atoms with Crippen LogP contribution in [0.1, 0.15) is 20.3 Å². The van der Waals surface area contributed by atoms with Gasteiger partial charge in [-0.05, 0) is 38.1 Å². The fourth-order valence-electron chi connectivity index (χ4n) is 1.46. The number of nitrogens with one attached hydrogen (secondary N) is 1. The Morgan fingerprint density at radius 2 is 1.90 bits per heavy atom. The first-order valence-corrected chi connectivity index (χ1v) is 7.29. The maximum Gasteiger partial charge on any atom is 0.308 e. The van der Waals surface area contributed by atoms with Gasteiger partial charge in [0.15, 0.2) is 0 Å². The van der Waals surface area contributed by atoms with Gasteiger partial charge in [-0.3, -0.25) is 9.59 Å². The van der Waals surface area contributed by atoms with Crippen LogP contribution in [0.2, 0.25) is 0 Å². The fourth-order valence-corrected chi connectivity index (χ4v) is 2.31. The van der Waals surface area contributed by atoms with E-state index in [1.54, 1.807) is 26.0 Å². The molecule has 4 nitrogen and oxygen atoms in total. The summed E-state index contributed by atoms with van der Waals surface area (Å²) in [6.45, 7) is 3.23. The maximum atomic E-state index is 12.7. The normalized spacial score (nSPS) is 13.6. The van der Waals surface area contributed by atoms with Crippen LogP contribution in [-0.2, 0) is 9.59 Å². The van der Waals surface area contributed by atoms with Crippen LogP contribution in [0.3, 0.4) is 0 Å². The minimum absolute atomic E-state index is 0.180. The summed E-state index contributed by atoms with van der Waals surface area (Å²) in [5.74, 6) is -1.46. The Labute approximate surface area is 121 Å². The molecule has 6 heteroatoms. The van der Waals surface area contributed by atoms with Crippen molar-refractivity contribution in [3.63, 3.8) is 0 Å². The van der Waals surface area contributed by atoms with E-state index in [-0.39, 0.29) is 11.7 Å². The van der Waals surface area contributed by atoms with Crippen molar-refractivity contribution in [2.24, 2.45) is 5.92 Å². The monoisotopic (exact) mass is 299 g/mol. The predicted octanol–water partition coefficient (Wildman–Crippen LogP) is 2.53. The highest BCUT2D eigenvalue weighted by molar-refractivity contribution is 7.99. The lowest BCUT2D eigenvalue weighted by Gasteiger charge is -2.17. The molecule has 0 aliphatic heterocycles. The van der Waals surface area contributed by atoms with E-state index >= 15 is 0 Å². The molecule has 1 amide bonds. The summed E-state index contributed by atoms with van der Waals surface area (Å²) in [6.07, 6.45) is 0.290. The molecule has 2 atom stereocenters. The Balaban J connectivity index is 2.29. The van der Waals surface area contributed by atoms with Gasteiger partial charge in [-0.25, -0.2) is 4.39 Å². The third kappa shape index (κ3) is 5.61. The van der Waals surface area contributed by atoms with Gasteiger partial charge in [-0.15, -0.1) is 11.8 Å². The molecule has 0 fully saturated rings. The van der Waals surface area contributed by atoms with E-state index in [2.05, 4.69) is 5.32 Å². The number of hydrogen-bond acceptors (Lipinski definition) is 3. The summed E-state index contributed by atoms with van der Waals surface area (Å²) in [5, 5.41) is 11.5. The van der Waals surface area contributed by atoms with Crippen molar-refractivity contribution in [1.82, 2.24) is 5.32 Å². The number of amides is 1. The average molecular weight is 299 g/mol. The highest BCUT2D eigenvalue weighted by atomic mass is 32.2. The van der Waals surface area contributed by atoms with Crippen LogP contribution in [-0.4, -0.2) is 28.8 Å². The first-order chi connectivity index (χ1) is 9.40. The zero-order valence-corrected chi connectivity index (χ0v) is 12.2. The number of thioether (sulfide) groups is 1. The van der Waals surface area contributed by atoms with Gasteiger partial charge in [0, 0.05) is 23.1 Å². The predicted molar refractivity (Wildman–Crippen MR) is 76.1 cm³/mol. The molecule has 110 valence electrons. The van der Waals surface area contributed by atoms with E-state index < -0.39 is 17.9 Å². The molecular formula is C14H18FNO3S. The summed E-state index contributed by atoms with van der Waals surface area (Å²) in [7, 11) is 0. The van der Waals surface area contributed by atoms with Crippen LogP contribution < -0.4 is 5.32 Å². The molecule has 0 radical (unpaired) electrons. The molecule has 0 aliphatic rings. The number of aliphatic carboxylic acids is 1. The van der Waals surface area contributed by atoms with E-state index in [0.29, 0.717) is 12.2 Å². The first-order valence-electron chi connectivity index (χ1n) is 6.30. The molecule has 0 aromatic heterocycles. The standard InChI is InChI=1S/C14H18FNO3S/c1-9(14(18)19)10(2)16-13(17)7-8-20-12-5-3-11(15)4-6-12/h3-6,9-10H,7-8H2,1-2H3,(H,16,17)(H,18,19). The molecule has 0 aliphatic carbocycles. The number of benzene rings is 1. The number of carbonyl (C=O) groups excluding carboxylic acids is 1. The molecule has 0 spiro atoms. The minimum Gasteiger partial charge on any atom is -0.481 e. The van der Waals surface area contributed by atoms with Crippen LogP contribution >= 0.6 is 11.8 Å².